The second-order valence-corrected chi connectivity index (χ2v) is 3.97. The quantitative estimate of drug-likeness (QED) is 0.695. The fourth-order valence-corrected chi connectivity index (χ4v) is 1.65. The van der Waals surface area contributed by atoms with Gasteiger partial charge >= 0.3 is 5.97 Å². The van der Waals surface area contributed by atoms with Gasteiger partial charge in [-0.3, -0.25) is 14.4 Å². The molecule has 0 spiro atoms. The molecule has 0 aliphatic heterocycles. The van der Waals surface area contributed by atoms with Crippen LogP contribution in [-0.4, -0.2) is 28.0 Å². The van der Waals surface area contributed by atoms with Crippen LogP contribution in [0.25, 0.3) is 0 Å². The maximum absolute atomic E-state index is 11.8. The van der Waals surface area contributed by atoms with E-state index in [1.807, 2.05) is 6.92 Å². The van der Waals surface area contributed by atoms with Gasteiger partial charge in [0.05, 0.1) is 6.42 Å². The van der Waals surface area contributed by atoms with Crippen LogP contribution >= 0.6 is 0 Å². The van der Waals surface area contributed by atoms with E-state index < -0.39 is 23.5 Å². The van der Waals surface area contributed by atoms with E-state index in [1.54, 1.807) is 6.07 Å². The summed E-state index contributed by atoms with van der Waals surface area (Å²) in [7, 11) is 0. The van der Waals surface area contributed by atoms with Crippen molar-refractivity contribution in [3.05, 3.63) is 34.2 Å². The number of aromatic amines is 1. The fourth-order valence-electron chi connectivity index (χ4n) is 1.65. The number of aromatic nitrogens is 1. The molecule has 0 radical (unpaired) electrons. The lowest BCUT2D eigenvalue weighted by Gasteiger charge is -2.15. The van der Waals surface area contributed by atoms with Crippen LogP contribution in [0, 0.1) is 0 Å². The van der Waals surface area contributed by atoms with Crippen molar-refractivity contribution < 1.29 is 14.7 Å². The Hall–Kier alpha value is -2.11. The van der Waals surface area contributed by atoms with E-state index in [-0.39, 0.29) is 12.0 Å². The number of aliphatic carboxylic acids is 1. The van der Waals surface area contributed by atoms with E-state index in [0.29, 0.717) is 6.42 Å². The molecule has 98 valence electrons. The van der Waals surface area contributed by atoms with Crippen LogP contribution in [0.15, 0.2) is 23.1 Å². The molecule has 1 heterocycles. The van der Waals surface area contributed by atoms with Gasteiger partial charge in [0.2, 0.25) is 0 Å². The molecule has 1 unspecified atom stereocenters. The lowest BCUT2D eigenvalue weighted by Crippen LogP contribution is -2.38. The number of carbonyl (C=O) groups is 2. The fraction of sp³-hybridized carbons (Fsp3) is 0.417. The average Bonchev–Trinajstić information content (AvgIpc) is 2.28. The molecule has 6 heteroatoms. The van der Waals surface area contributed by atoms with Crippen LogP contribution < -0.4 is 10.9 Å². The van der Waals surface area contributed by atoms with Crippen LogP contribution in [0.1, 0.15) is 36.5 Å². The van der Waals surface area contributed by atoms with Gasteiger partial charge in [-0.1, -0.05) is 13.3 Å². The highest BCUT2D eigenvalue weighted by Crippen LogP contribution is 2.03. The summed E-state index contributed by atoms with van der Waals surface area (Å²) < 4.78 is 0. The van der Waals surface area contributed by atoms with Crippen LogP contribution in [0.2, 0.25) is 0 Å². The molecule has 6 nitrogen and oxygen atoms in total. The van der Waals surface area contributed by atoms with Crippen molar-refractivity contribution in [1.82, 2.24) is 10.3 Å². The molecular weight excluding hydrogens is 236 g/mol. The topological polar surface area (TPSA) is 99.3 Å². The van der Waals surface area contributed by atoms with Gasteiger partial charge in [-0.05, 0) is 18.6 Å². The predicted molar refractivity (Wildman–Crippen MR) is 65.5 cm³/mol. The normalized spacial score (nSPS) is 11.8. The monoisotopic (exact) mass is 252 g/mol. The van der Waals surface area contributed by atoms with E-state index in [9.17, 15) is 14.4 Å². The first kappa shape index (κ1) is 14.0. The minimum absolute atomic E-state index is 0.0102. The van der Waals surface area contributed by atoms with Gasteiger partial charge in [-0.25, -0.2) is 0 Å². The predicted octanol–water partition coefficient (Wildman–Crippen LogP) is 0.748. The standard InChI is InChI=1S/C12H16N2O4/c1-2-4-8(7-10(15)16)14-12(18)9-5-3-6-13-11(9)17/h3,5-6,8H,2,4,7H2,1H3,(H,13,17)(H,14,18)(H,15,16). The molecule has 0 saturated heterocycles. The van der Waals surface area contributed by atoms with Crippen molar-refractivity contribution >= 4 is 11.9 Å². The Kier molecular flexibility index (Phi) is 5.10. The molecule has 3 N–H and O–H groups in total. The number of carboxylic acids is 1. The maximum atomic E-state index is 11.8. The number of nitrogens with one attached hydrogen (secondary N) is 2. The summed E-state index contributed by atoms with van der Waals surface area (Å²) in [5, 5.41) is 11.3. The molecule has 0 aromatic carbocycles. The van der Waals surface area contributed by atoms with Gasteiger partial charge < -0.3 is 15.4 Å². The van der Waals surface area contributed by atoms with Gasteiger partial charge in [0.1, 0.15) is 5.56 Å². The van der Waals surface area contributed by atoms with Crippen LogP contribution in [0.5, 0.6) is 0 Å². The van der Waals surface area contributed by atoms with Crippen LogP contribution in [0.4, 0.5) is 0 Å². The number of hydrogen-bond acceptors (Lipinski definition) is 3. The van der Waals surface area contributed by atoms with E-state index in [4.69, 9.17) is 5.11 Å². The highest BCUT2D eigenvalue weighted by molar-refractivity contribution is 5.94. The zero-order valence-corrected chi connectivity index (χ0v) is 10.1. The Morgan fingerprint density at radius 1 is 1.50 bits per heavy atom. The van der Waals surface area contributed by atoms with Crippen LogP contribution in [0.3, 0.4) is 0 Å². The summed E-state index contributed by atoms with van der Waals surface area (Å²) in [4.78, 5) is 36.2. The maximum Gasteiger partial charge on any atom is 0.305 e. The van der Waals surface area contributed by atoms with E-state index in [2.05, 4.69) is 10.3 Å². The molecule has 1 atom stereocenters. The highest BCUT2D eigenvalue weighted by Gasteiger charge is 2.17. The molecule has 0 bridgehead atoms. The highest BCUT2D eigenvalue weighted by atomic mass is 16.4. The van der Waals surface area contributed by atoms with Crippen LogP contribution in [-0.2, 0) is 4.79 Å². The third-order valence-corrected chi connectivity index (χ3v) is 2.46. The summed E-state index contributed by atoms with van der Waals surface area (Å²) in [6, 6.07) is 2.49. The molecule has 0 aliphatic rings. The van der Waals surface area contributed by atoms with Crippen molar-refractivity contribution in [2.75, 3.05) is 0 Å². The summed E-state index contributed by atoms with van der Waals surface area (Å²) in [5.74, 6) is -1.52. The zero-order chi connectivity index (χ0) is 13.5. The molecule has 1 aromatic rings. The number of carboxylic acid groups (broad SMARTS) is 1. The number of hydrogen-bond donors (Lipinski definition) is 3. The molecule has 18 heavy (non-hydrogen) atoms. The van der Waals surface area contributed by atoms with Crippen molar-refractivity contribution in [2.45, 2.75) is 32.2 Å². The summed E-state index contributed by atoms with van der Waals surface area (Å²) >= 11 is 0. The number of amides is 1. The number of carbonyl (C=O) groups excluding carboxylic acids is 1. The lowest BCUT2D eigenvalue weighted by molar-refractivity contribution is -0.137. The van der Waals surface area contributed by atoms with Gasteiger partial charge in [-0.15, -0.1) is 0 Å². The van der Waals surface area contributed by atoms with Gasteiger partial charge in [0.15, 0.2) is 0 Å². The molecule has 0 fully saturated rings. The third-order valence-electron chi connectivity index (χ3n) is 2.46. The Labute approximate surface area is 104 Å². The van der Waals surface area contributed by atoms with Crippen molar-refractivity contribution in [2.24, 2.45) is 0 Å². The summed E-state index contributed by atoms with van der Waals surface area (Å²) in [5.41, 5.74) is -0.496. The first-order chi connectivity index (χ1) is 8.54. The summed E-state index contributed by atoms with van der Waals surface area (Å²) in [6.07, 6.45) is 2.59. The molecule has 1 rings (SSSR count). The van der Waals surface area contributed by atoms with Gasteiger partial charge in [0.25, 0.3) is 11.5 Å². The Morgan fingerprint density at radius 2 is 2.22 bits per heavy atom. The minimum Gasteiger partial charge on any atom is -0.481 e. The second kappa shape index (κ2) is 6.58. The SMILES string of the molecule is CCCC(CC(=O)O)NC(=O)c1ccc[nH]c1=O. The number of rotatable bonds is 6. The average molecular weight is 252 g/mol. The minimum atomic E-state index is -0.976. The van der Waals surface area contributed by atoms with Gasteiger partial charge in [0, 0.05) is 12.2 Å². The van der Waals surface area contributed by atoms with E-state index >= 15 is 0 Å². The number of H-pyrrole nitrogens is 1. The summed E-state index contributed by atoms with van der Waals surface area (Å²) in [6.45, 7) is 1.90. The Morgan fingerprint density at radius 3 is 2.78 bits per heavy atom. The Bertz CT molecular complexity index is 481. The van der Waals surface area contributed by atoms with E-state index in [0.717, 1.165) is 6.42 Å². The van der Waals surface area contributed by atoms with E-state index in [1.165, 1.54) is 12.3 Å². The smallest absolute Gasteiger partial charge is 0.305 e. The van der Waals surface area contributed by atoms with Crippen molar-refractivity contribution in [3.63, 3.8) is 0 Å². The second-order valence-electron chi connectivity index (χ2n) is 3.97. The molecule has 0 aliphatic carbocycles. The first-order valence-electron chi connectivity index (χ1n) is 5.75. The Balaban J connectivity index is 2.75. The van der Waals surface area contributed by atoms with Crippen molar-refractivity contribution in [3.8, 4) is 0 Å². The molecular formula is C12H16N2O4. The number of pyridine rings is 1. The van der Waals surface area contributed by atoms with Gasteiger partial charge in [-0.2, -0.15) is 0 Å². The largest absolute Gasteiger partial charge is 0.481 e. The van der Waals surface area contributed by atoms with Crippen molar-refractivity contribution in [1.29, 1.82) is 0 Å². The first-order valence-corrected chi connectivity index (χ1v) is 5.75. The third kappa shape index (κ3) is 4.04. The zero-order valence-electron chi connectivity index (χ0n) is 10.1. The lowest BCUT2D eigenvalue weighted by atomic mass is 10.1. The molecule has 1 aromatic heterocycles. The molecule has 1 amide bonds. The molecule has 0 saturated carbocycles.